The molecule has 0 aliphatic heterocycles. The molecule has 19 heavy (non-hydrogen) atoms. The molecular formula is C13H16N4O2. The average Bonchev–Trinajstić information content (AvgIpc) is 2.73. The van der Waals surface area contributed by atoms with Gasteiger partial charge in [-0.1, -0.05) is 30.3 Å². The van der Waals surface area contributed by atoms with Gasteiger partial charge in [0.1, 0.15) is 11.5 Å². The summed E-state index contributed by atoms with van der Waals surface area (Å²) in [6, 6.07) is 9.82. The van der Waals surface area contributed by atoms with Gasteiger partial charge in [-0.3, -0.25) is 5.32 Å². The SMILES string of the molecule is CCOC(=O)Nc1cnn(Cc2ccccc2)c1N. The third-order valence-corrected chi connectivity index (χ3v) is 2.57. The zero-order valence-electron chi connectivity index (χ0n) is 10.7. The van der Waals surface area contributed by atoms with Crippen LogP contribution in [0.15, 0.2) is 36.5 Å². The molecule has 6 heteroatoms. The fourth-order valence-corrected chi connectivity index (χ4v) is 1.65. The Kier molecular flexibility index (Phi) is 4.02. The van der Waals surface area contributed by atoms with Crippen LogP contribution in [-0.4, -0.2) is 22.5 Å². The molecule has 0 aliphatic rings. The van der Waals surface area contributed by atoms with E-state index in [0.717, 1.165) is 5.56 Å². The topological polar surface area (TPSA) is 82.2 Å². The van der Waals surface area contributed by atoms with Gasteiger partial charge in [-0.15, -0.1) is 0 Å². The molecule has 0 fully saturated rings. The van der Waals surface area contributed by atoms with E-state index in [2.05, 4.69) is 10.4 Å². The number of hydrogen-bond donors (Lipinski definition) is 2. The highest BCUT2D eigenvalue weighted by molar-refractivity contribution is 5.87. The summed E-state index contributed by atoms with van der Waals surface area (Å²) in [5.74, 6) is 0.400. The number of amides is 1. The highest BCUT2D eigenvalue weighted by Crippen LogP contribution is 2.18. The summed E-state index contributed by atoms with van der Waals surface area (Å²) in [5, 5.41) is 6.69. The molecule has 1 amide bonds. The fraction of sp³-hybridized carbons (Fsp3) is 0.231. The molecule has 0 atom stereocenters. The van der Waals surface area contributed by atoms with Gasteiger partial charge in [-0.25, -0.2) is 9.48 Å². The van der Waals surface area contributed by atoms with Gasteiger partial charge in [0, 0.05) is 0 Å². The van der Waals surface area contributed by atoms with Gasteiger partial charge in [0.05, 0.1) is 19.3 Å². The Morgan fingerprint density at radius 2 is 2.16 bits per heavy atom. The van der Waals surface area contributed by atoms with Gasteiger partial charge < -0.3 is 10.5 Å². The van der Waals surface area contributed by atoms with Crippen LogP contribution in [0.5, 0.6) is 0 Å². The molecule has 2 aromatic rings. The van der Waals surface area contributed by atoms with Gasteiger partial charge in [-0.2, -0.15) is 5.10 Å². The smallest absolute Gasteiger partial charge is 0.411 e. The summed E-state index contributed by atoms with van der Waals surface area (Å²) in [5.41, 5.74) is 7.46. The zero-order valence-corrected chi connectivity index (χ0v) is 10.7. The maximum Gasteiger partial charge on any atom is 0.411 e. The van der Waals surface area contributed by atoms with Crippen LogP contribution in [-0.2, 0) is 11.3 Å². The molecule has 1 aromatic carbocycles. The van der Waals surface area contributed by atoms with Crippen LogP contribution in [0.4, 0.5) is 16.3 Å². The predicted octanol–water partition coefficient (Wildman–Crippen LogP) is 2.08. The van der Waals surface area contributed by atoms with Gasteiger partial charge in [0.25, 0.3) is 0 Å². The minimum absolute atomic E-state index is 0.309. The summed E-state index contributed by atoms with van der Waals surface area (Å²) >= 11 is 0. The highest BCUT2D eigenvalue weighted by Gasteiger charge is 2.11. The number of carbonyl (C=O) groups is 1. The van der Waals surface area contributed by atoms with Crippen LogP contribution in [0.2, 0.25) is 0 Å². The summed E-state index contributed by atoms with van der Waals surface area (Å²) in [6.07, 6.45) is 0.975. The molecule has 1 aromatic heterocycles. The first-order chi connectivity index (χ1) is 9.20. The van der Waals surface area contributed by atoms with Crippen molar-refractivity contribution in [2.45, 2.75) is 13.5 Å². The standard InChI is InChI=1S/C13H16N4O2/c1-2-19-13(18)16-11-8-15-17(12(11)14)9-10-6-4-3-5-7-10/h3-8H,2,9,14H2,1H3,(H,16,18). The Morgan fingerprint density at radius 1 is 1.42 bits per heavy atom. The number of hydrogen-bond acceptors (Lipinski definition) is 4. The number of nitrogens with two attached hydrogens (primary N) is 1. The van der Waals surface area contributed by atoms with E-state index in [1.165, 1.54) is 6.20 Å². The first kappa shape index (κ1) is 12.9. The van der Waals surface area contributed by atoms with Crippen molar-refractivity contribution in [3.63, 3.8) is 0 Å². The van der Waals surface area contributed by atoms with Crippen LogP contribution in [0.25, 0.3) is 0 Å². The van der Waals surface area contributed by atoms with Gasteiger partial charge in [-0.05, 0) is 12.5 Å². The second-order valence-corrected chi connectivity index (χ2v) is 3.93. The van der Waals surface area contributed by atoms with Crippen molar-refractivity contribution >= 4 is 17.6 Å². The number of nitrogens with zero attached hydrogens (tertiary/aromatic N) is 2. The summed E-state index contributed by atoms with van der Waals surface area (Å²) in [4.78, 5) is 11.3. The molecule has 0 saturated carbocycles. The van der Waals surface area contributed by atoms with Crippen molar-refractivity contribution in [2.24, 2.45) is 0 Å². The Labute approximate surface area is 111 Å². The van der Waals surface area contributed by atoms with Crippen molar-refractivity contribution in [2.75, 3.05) is 17.7 Å². The van der Waals surface area contributed by atoms with Crippen molar-refractivity contribution in [3.8, 4) is 0 Å². The van der Waals surface area contributed by atoms with Gasteiger partial charge in [0.2, 0.25) is 0 Å². The number of nitrogen functional groups attached to an aromatic ring is 1. The predicted molar refractivity (Wildman–Crippen MR) is 72.8 cm³/mol. The van der Waals surface area contributed by atoms with Crippen LogP contribution in [0.3, 0.4) is 0 Å². The quantitative estimate of drug-likeness (QED) is 0.881. The van der Waals surface area contributed by atoms with Crippen LogP contribution < -0.4 is 11.1 Å². The normalized spacial score (nSPS) is 10.2. The summed E-state index contributed by atoms with van der Waals surface area (Å²) in [7, 11) is 0. The molecule has 0 saturated heterocycles. The third kappa shape index (κ3) is 3.25. The summed E-state index contributed by atoms with van der Waals surface area (Å²) in [6.45, 7) is 2.60. The van der Waals surface area contributed by atoms with E-state index in [1.807, 2.05) is 30.3 Å². The van der Waals surface area contributed by atoms with Crippen molar-refractivity contribution in [3.05, 3.63) is 42.1 Å². The number of rotatable bonds is 4. The van der Waals surface area contributed by atoms with Crippen LogP contribution >= 0.6 is 0 Å². The number of nitrogens with one attached hydrogen (secondary N) is 1. The van der Waals surface area contributed by atoms with Crippen LogP contribution in [0.1, 0.15) is 12.5 Å². The molecule has 0 unspecified atom stereocenters. The van der Waals surface area contributed by atoms with Gasteiger partial charge in [0.15, 0.2) is 0 Å². The number of anilines is 2. The molecule has 100 valence electrons. The van der Waals surface area contributed by atoms with Gasteiger partial charge >= 0.3 is 6.09 Å². The molecule has 0 aliphatic carbocycles. The highest BCUT2D eigenvalue weighted by atomic mass is 16.5. The average molecular weight is 260 g/mol. The second-order valence-electron chi connectivity index (χ2n) is 3.93. The fourth-order valence-electron chi connectivity index (χ4n) is 1.65. The van der Waals surface area contributed by atoms with E-state index >= 15 is 0 Å². The maximum absolute atomic E-state index is 11.3. The van der Waals surface area contributed by atoms with Crippen molar-refractivity contribution in [1.29, 1.82) is 0 Å². The minimum atomic E-state index is -0.534. The Morgan fingerprint density at radius 3 is 2.84 bits per heavy atom. The molecule has 0 bridgehead atoms. The third-order valence-electron chi connectivity index (χ3n) is 2.57. The van der Waals surface area contributed by atoms with E-state index in [0.29, 0.717) is 24.7 Å². The molecule has 2 rings (SSSR count). The number of benzene rings is 1. The Bertz CT molecular complexity index is 551. The molecule has 6 nitrogen and oxygen atoms in total. The van der Waals surface area contributed by atoms with Crippen molar-refractivity contribution < 1.29 is 9.53 Å². The number of carbonyl (C=O) groups excluding carboxylic acids is 1. The lowest BCUT2D eigenvalue weighted by Crippen LogP contribution is -2.14. The van der Waals surface area contributed by atoms with E-state index in [9.17, 15) is 4.79 Å². The van der Waals surface area contributed by atoms with E-state index in [4.69, 9.17) is 10.5 Å². The number of ether oxygens (including phenoxy) is 1. The van der Waals surface area contributed by atoms with E-state index < -0.39 is 6.09 Å². The number of aromatic nitrogens is 2. The second kappa shape index (κ2) is 5.90. The zero-order chi connectivity index (χ0) is 13.7. The lowest BCUT2D eigenvalue weighted by atomic mass is 10.2. The lowest BCUT2D eigenvalue weighted by molar-refractivity contribution is 0.168. The first-order valence-electron chi connectivity index (χ1n) is 5.99. The van der Waals surface area contributed by atoms with E-state index in [-0.39, 0.29) is 0 Å². The molecular weight excluding hydrogens is 244 g/mol. The molecule has 0 radical (unpaired) electrons. The molecule has 1 heterocycles. The van der Waals surface area contributed by atoms with Crippen molar-refractivity contribution in [1.82, 2.24) is 9.78 Å². The first-order valence-corrected chi connectivity index (χ1v) is 5.99. The van der Waals surface area contributed by atoms with E-state index in [1.54, 1.807) is 11.6 Å². The Balaban J connectivity index is 2.08. The monoisotopic (exact) mass is 260 g/mol. The lowest BCUT2D eigenvalue weighted by Gasteiger charge is -2.06. The molecule has 3 N–H and O–H groups in total. The summed E-state index contributed by atoms with van der Waals surface area (Å²) < 4.78 is 6.41. The maximum atomic E-state index is 11.3. The largest absolute Gasteiger partial charge is 0.450 e. The molecule has 0 spiro atoms. The van der Waals surface area contributed by atoms with Crippen LogP contribution in [0, 0.1) is 0 Å². The Hall–Kier alpha value is -2.50. The minimum Gasteiger partial charge on any atom is -0.450 e.